The minimum absolute atomic E-state index is 0.0266. The van der Waals surface area contributed by atoms with E-state index in [-0.39, 0.29) is 5.91 Å². The first-order chi connectivity index (χ1) is 12.2. The van der Waals surface area contributed by atoms with Gasteiger partial charge in [0, 0.05) is 59.1 Å². The van der Waals surface area contributed by atoms with Crippen LogP contribution in [0.3, 0.4) is 0 Å². The van der Waals surface area contributed by atoms with Gasteiger partial charge in [0.05, 0.1) is 0 Å². The average molecular weight is 332 g/mol. The molecule has 0 aliphatic heterocycles. The lowest BCUT2D eigenvalue weighted by molar-refractivity contribution is 0.0954. The van der Waals surface area contributed by atoms with Crippen LogP contribution in [0.25, 0.3) is 33.2 Å². The van der Waals surface area contributed by atoms with Gasteiger partial charge >= 0.3 is 0 Å². The molecule has 0 aliphatic rings. The lowest BCUT2D eigenvalue weighted by atomic mass is 10.1. The number of aromatic amines is 1. The van der Waals surface area contributed by atoms with Crippen LogP contribution in [0.5, 0.6) is 0 Å². The SMILES string of the molecule is CCCNC(=O)c1ccc2c(-c3cc4cccnc4[nH]3)cn(C)c2c1. The summed E-state index contributed by atoms with van der Waals surface area (Å²) in [5.74, 6) is -0.0266. The highest BCUT2D eigenvalue weighted by molar-refractivity contribution is 6.02. The predicted molar refractivity (Wildman–Crippen MR) is 101 cm³/mol. The van der Waals surface area contributed by atoms with Crippen molar-refractivity contribution in [3.63, 3.8) is 0 Å². The van der Waals surface area contributed by atoms with E-state index in [0.29, 0.717) is 12.1 Å². The summed E-state index contributed by atoms with van der Waals surface area (Å²) < 4.78 is 2.06. The van der Waals surface area contributed by atoms with Gasteiger partial charge in [0.25, 0.3) is 5.91 Å². The van der Waals surface area contributed by atoms with E-state index in [1.807, 2.05) is 44.3 Å². The van der Waals surface area contributed by atoms with Crippen molar-refractivity contribution in [2.24, 2.45) is 7.05 Å². The van der Waals surface area contributed by atoms with Gasteiger partial charge in [-0.15, -0.1) is 0 Å². The largest absolute Gasteiger partial charge is 0.352 e. The van der Waals surface area contributed by atoms with Crippen molar-refractivity contribution < 1.29 is 4.79 Å². The number of carbonyl (C=O) groups excluding carboxylic acids is 1. The summed E-state index contributed by atoms with van der Waals surface area (Å²) >= 11 is 0. The second-order valence-corrected chi connectivity index (χ2v) is 6.27. The maximum Gasteiger partial charge on any atom is 0.251 e. The number of hydrogen-bond donors (Lipinski definition) is 2. The van der Waals surface area contributed by atoms with Crippen molar-refractivity contribution in [3.05, 3.63) is 54.4 Å². The number of nitrogens with zero attached hydrogens (tertiary/aromatic N) is 2. The normalized spacial score (nSPS) is 11.3. The van der Waals surface area contributed by atoms with E-state index >= 15 is 0 Å². The fourth-order valence-electron chi connectivity index (χ4n) is 3.18. The van der Waals surface area contributed by atoms with Crippen LogP contribution in [0, 0.1) is 0 Å². The Morgan fingerprint density at radius 3 is 2.96 bits per heavy atom. The maximum atomic E-state index is 12.2. The molecular formula is C20H20N4O. The molecule has 3 heterocycles. The van der Waals surface area contributed by atoms with Gasteiger partial charge in [-0.3, -0.25) is 4.79 Å². The van der Waals surface area contributed by atoms with E-state index in [4.69, 9.17) is 0 Å². The lowest BCUT2D eigenvalue weighted by Crippen LogP contribution is -2.23. The number of fused-ring (bicyclic) bond motifs is 2. The van der Waals surface area contributed by atoms with Crippen molar-refractivity contribution in [2.45, 2.75) is 13.3 Å². The number of pyridine rings is 1. The molecule has 25 heavy (non-hydrogen) atoms. The van der Waals surface area contributed by atoms with Crippen molar-refractivity contribution >= 4 is 27.8 Å². The number of amides is 1. The van der Waals surface area contributed by atoms with Gasteiger partial charge < -0.3 is 14.9 Å². The molecular weight excluding hydrogens is 312 g/mol. The Hall–Kier alpha value is -3.08. The Bertz CT molecular complexity index is 1040. The molecule has 3 aromatic heterocycles. The van der Waals surface area contributed by atoms with Crippen LogP contribution in [0.1, 0.15) is 23.7 Å². The molecule has 126 valence electrons. The topological polar surface area (TPSA) is 62.7 Å². The first kappa shape index (κ1) is 15.4. The van der Waals surface area contributed by atoms with Crippen LogP contribution in [0.15, 0.2) is 48.8 Å². The Kier molecular flexibility index (Phi) is 3.76. The van der Waals surface area contributed by atoms with Crippen LogP contribution >= 0.6 is 0 Å². The van der Waals surface area contributed by atoms with E-state index in [9.17, 15) is 4.79 Å². The molecule has 1 aromatic carbocycles. The van der Waals surface area contributed by atoms with Gasteiger partial charge in [0.1, 0.15) is 5.65 Å². The summed E-state index contributed by atoms with van der Waals surface area (Å²) in [6.07, 6.45) is 4.80. The van der Waals surface area contributed by atoms with Crippen molar-refractivity contribution in [3.8, 4) is 11.3 Å². The lowest BCUT2D eigenvalue weighted by Gasteiger charge is -2.04. The van der Waals surface area contributed by atoms with E-state index in [0.717, 1.165) is 39.6 Å². The van der Waals surface area contributed by atoms with E-state index in [2.05, 4.69) is 32.1 Å². The third-order valence-corrected chi connectivity index (χ3v) is 4.47. The Morgan fingerprint density at radius 1 is 1.28 bits per heavy atom. The van der Waals surface area contributed by atoms with Crippen LogP contribution in [-0.2, 0) is 7.05 Å². The molecule has 0 bridgehead atoms. The number of hydrogen-bond acceptors (Lipinski definition) is 2. The van der Waals surface area contributed by atoms with Crippen LogP contribution < -0.4 is 5.32 Å². The Labute approximate surface area is 145 Å². The number of H-pyrrole nitrogens is 1. The second-order valence-electron chi connectivity index (χ2n) is 6.27. The summed E-state index contributed by atoms with van der Waals surface area (Å²) in [7, 11) is 2.00. The Morgan fingerprint density at radius 2 is 2.16 bits per heavy atom. The molecule has 0 atom stereocenters. The number of carbonyl (C=O) groups is 1. The monoisotopic (exact) mass is 332 g/mol. The summed E-state index contributed by atoms with van der Waals surface area (Å²) in [6, 6.07) is 11.9. The molecule has 5 heteroatoms. The zero-order chi connectivity index (χ0) is 17.4. The van der Waals surface area contributed by atoms with Gasteiger partial charge in [-0.2, -0.15) is 0 Å². The van der Waals surface area contributed by atoms with Crippen molar-refractivity contribution in [1.29, 1.82) is 0 Å². The zero-order valence-corrected chi connectivity index (χ0v) is 14.3. The third kappa shape index (κ3) is 2.67. The molecule has 0 radical (unpaired) electrons. The molecule has 1 amide bonds. The molecule has 2 N–H and O–H groups in total. The fourth-order valence-corrected chi connectivity index (χ4v) is 3.18. The number of nitrogens with one attached hydrogen (secondary N) is 2. The highest BCUT2D eigenvalue weighted by Gasteiger charge is 2.13. The second kappa shape index (κ2) is 6.09. The molecule has 0 unspecified atom stereocenters. The van der Waals surface area contributed by atoms with E-state index in [1.54, 1.807) is 6.20 Å². The minimum Gasteiger partial charge on any atom is -0.352 e. The molecule has 4 aromatic rings. The van der Waals surface area contributed by atoms with Crippen LogP contribution in [0.4, 0.5) is 0 Å². The van der Waals surface area contributed by atoms with Gasteiger partial charge in [0.15, 0.2) is 0 Å². The molecule has 0 saturated carbocycles. The first-order valence-corrected chi connectivity index (χ1v) is 8.49. The summed E-state index contributed by atoms with van der Waals surface area (Å²) in [5, 5.41) is 5.13. The standard InChI is InChI=1S/C20H20N4O/c1-3-8-22-20(25)14-6-7-15-16(12-24(2)18(15)11-14)17-10-13-5-4-9-21-19(13)23-17/h4-7,9-12H,3,8H2,1-2H3,(H,21,23)(H,22,25). The third-order valence-electron chi connectivity index (χ3n) is 4.47. The van der Waals surface area contributed by atoms with Crippen molar-refractivity contribution in [2.75, 3.05) is 6.54 Å². The highest BCUT2D eigenvalue weighted by Crippen LogP contribution is 2.31. The molecule has 5 nitrogen and oxygen atoms in total. The number of rotatable bonds is 4. The summed E-state index contributed by atoms with van der Waals surface area (Å²) in [5.41, 5.74) is 4.74. The van der Waals surface area contributed by atoms with Crippen LogP contribution in [0.2, 0.25) is 0 Å². The number of aryl methyl sites for hydroxylation is 1. The quantitative estimate of drug-likeness (QED) is 0.596. The summed E-state index contributed by atoms with van der Waals surface area (Å²) in [4.78, 5) is 20.0. The maximum absolute atomic E-state index is 12.2. The Balaban J connectivity index is 1.79. The van der Waals surface area contributed by atoms with Crippen molar-refractivity contribution in [1.82, 2.24) is 19.9 Å². The zero-order valence-electron chi connectivity index (χ0n) is 14.3. The van der Waals surface area contributed by atoms with Gasteiger partial charge in [-0.05, 0) is 36.8 Å². The predicted octanol–water partition coefficient (Wildman–Crippen LogP) is 3.86. The van der Waals surface area contributed by atoms with Crippen LogP contribution in [-0.4, -0.2) is 27.0 Å². The summed E-state index contributed by atoms with van der Waals surface area (Å²) in [6.45, 7) is 2.74. The van der Waals surface area contributed by atoms with Gasteiger partial charge in [0.2, 0.25) is 0 Å². The fraction of sp³-hybridized carbons (Fsp3) is 0.200. The first-order valence-electron chi connectivity index (χ1n) is 8.49. The van der Waals surface area contributed by atoms with Gasteiger partial charge in [-0.1, -0.05) is 13.0 Å². The highest BCUT2D eigenvalue weighted by atomic mass is 16.1. The molecule has 4 rings (SSSR count). The number of aromatic nitrogens is 3. The smallest absolute Gasteiger partial charge is 0.251 e. The van der Waals surface area contributed by atoms with Gasteiger partial charge in [-0.25, -0.2) is 4.98 Å². The van der Waals surface area contributed by atoms with E-state index < -0.39 is 0 Å². The molecule has 0 fully saturated rings. The molecule has 0 saturated heterocycles. The van der Waals surface area contributed by atoms with E-state index in [1.165, 1.54) is 0 Å². The minimum atomic E-state index is -0.0266. The average Bonchev–Trinajstić information content (AvgIpc) is 3.20. The molecule has 0 aliphatic carbocycles. The number of benzene rings is 1. The molecule has 0 spiro atoms.